The van der Waals surface area contributed by atoms with Crippen molar-refractivity contribution in [1.29, 1.82) is 0 Å². The van der Waals surface area contributed by atoms with Gasteiger partial charge in [-0.3, -0.25) is 9.10 Å². The molecule has 2 aromatic rings. The Morgan fingerprint density at radius 3 is 2.82 bits per heavy atom. The molecule has 1 aliphatic heterocycles. The normalized spacial score (nSPS) is 16.6. The molecule has 1 aromatic heterocycles. The molecule has 5 nitrogen and oxygen atoms in total. The highest BCUT2D eigenvalue weighted by molar-refractivity contribution is 7.93. The van der Waals surface area contributed by atoms with Gasteiger partial charge in [0, 0.05) is 17.0 Å². The number of hydrogen-bond acceptors (Lipinski definition) is 4. The summed E-state index contributed by atoms with van der Waals surface area (Å²) in [4.78, 5) is 13.3. The van der Waals surface area contributed by atoms with E-state index in [1.807, 2.05) is 17.5 Å². The first kappa shape index (κ1) is 15.1. The summed E-state index contributed by atoms with van der Waals surface area (Å²) in [5, 5.41) is 4.80. The van der Waals surface area contributed by atoms with Crippen LogP contribution < -0.4 is 9.62 Å². The molecule has 1 amide bonds. The summed E-state index contributed by atoms with van der Waals surface area (Å²) in [6.45, 7) is 0.950. The van der Waals surface area contributed by atoms with Gasteiger partial charge in [0.15, 0.2) is 0 Å². The fourth-order valence-electron chi connectivity index (χ4n) is 2.41. The Hall–Kier alpha value is -1.86. The van der Waals surface area contributed by atoms with Crippen molar-refractivity contribution in [3.8, 4) is 0 Å². The standard InChI is InChI=1S/C15H16N2O3S2/c18-15(16-11-14-6-2-8-21-14)12-4-1-5-13(10-12)17-7-3-9-22(17,19)20/h1-2,4-6,8,10H,3,7,9,11H2,(H,16,18). The van der Waals surface area contributed by atoms with E-state index < -0.39 is 10.0 Å². The molecule has 0 aliphatic carbocycles. The molecule has 1 aliphatic rings. The van der Waals surface area contributed by atoms with Gasteiger partial charge in [0.1, 0.15) is 0 Å². The van der Waals surface area contributed by atoms with Crippen LogP contribution in [0.2, 0.25) is 0 Å². The first-order valence-electron chi connectivity index (χ1n) is 6.97. The Labute approximate surface area is 133 Å². The van der Waals surface area contributed by atoms with Crippen LogP contribution in [0.1, 0.15) is 21.7 Å². The maximum atomic E-state index is 12.2. The van der Waals surface area contributed by atoms with Gasteiger partial charge in [-0.2, -0.15) is 0 Å². The average molecular weight is 336 g/mol. The molecule has 22 heavy (non-hydrogen) atoms. The van der Waals surface area contributed by atoms with Gasteiger partial charge in [-0.15, -0.1) is 11.3 Å². The lowest BCUT2D eigenvalue weighted by Crippen LogP contribution is -2.26. The topological polar surface area (TPSA) is 66.5 Å². The van der Waals surface area contributed by atoms with Gasteiger partial charge in [-0.25, -0.2) is 8.42 Å². The molecule has 116 valence electrons. The minimum atomic E-state index is -3.23. The number of carbonyl (C=O) groups excluding carboxylic acids is 1. The molecule has 0 unspecified atom stereocenters. The number of anilines is 1. The number of nitrogens with zero attached hydrogens (tertiary/aromatic N) is 1. The zero-order chi connectivity index (χ0) is 15.6. The SMILES string of the molecule is O=C(NCc1cccs1)c1cccc(N2CCCS2(=O)=O)c1. The van der Waals surface area contributed by atoms with Crippen LogP contribution in [-0.4, -0.2) is 26.6 Å². The lowest BCUT2D eigenvalue weighted by molar-refractivity contribution is 0.0951. The average Bonchev–Trinajstić information content (AvgIpc) is 3.13. The Bertz CT molecular complexity index is 770. The molecule has 7 heteroatoms. The summed E-state index contributed by atoms with van der Waals surface area (Å²) in [5.74, 6) is -0.0335. The third-order valence-electron chi connectivity index (χ3n) is 3.50. The summed E-state index contributed by atoms with van der Waals surface area (Å²) in [6.07, 6.45) is 0.622. The van der Waals surface area contributed by atoms with E-state index in [-0.39, 0.29) is 11.7 Å². The number of rotatable bonds is 4. The number of nitrogens with one attached hydrogen (secondary N) is 1. The van der Waals surface area contributed by atoms with Gasteiger partial charge in [-0.05, 0) is 36.1 Å². The highest BCUT2D eigenvalue weighted by atomic mass is 32.2. The molecular weight excluding hydrogens is 320 g/mol. The van der Waals surface area contributed by atoms with E-state index in [9.17, 15) is 13.2 Å². The van der Waals surface area contributed by atoms with Crippen LogP contribution in [0.25, 0.3) is 0 Å². The van der Waals surface area contributed by atoms with Crippen LogP contribution in [0.3, 0.4) is 0 Å². The van der Waals surface area contributed by atoms with Gasteiger partial charge >= 0.3 is 0 Å². The van der Waals surface area contributed by atoms with E-state index in [1.165, 1.54) is 4.31 Å². The molecule has 0 spiro atoms. The quantitative estimate of drug-likeness (QED) is 0.931. The summed E-state index contributed by atoms with van der Waals surface area (Å²) >= 11 is 1.58. The maximum absolute atomic E-state index is 12.2. The molecule has 1 aromatic carbocycles. The second kappa shape index (κ2) is 6.10. The van der Waals surface area contributed by atoms with Crippen LogP contribution in [-0.2, 0) is 16.6 Å². The van der Waals surface area contributed by atoms with Crippen LogP contribution in [0.5, 0.6) is 0 Å². The Kier molecular flexibility index (Phi) is 4.17. The van der Waals surface area contributed by atoms with Crippen molar-refractivity contribution in [2.24, 2.45) is 0 Å². The molecule has 0 saturated carbocycles. The van der Waals surface area contributed by atoms with Crippen molar-refractivity contribution in [3.63, 3.8) is 0 Å². The third kappa shape index (κ3) is 3.15. The van der Waals surface area contributed by atoms with Gasteiger partial charge in [0.2, 0.25) is 10.0 Å². The smallest absolute Gasteiger partial charge is 0.251 e. The van der Waals surface area contributed by atoms with Crippen molar-refractivity contribution in [3.05, 3.63) is 52.2 Å². The van der Waals surface area contributed by atoms with E-state index in [1.54, 1.807) is 35.6 Å². The fraction of sp³-hybridized carbons (Fsp3) is 0.267. The number of benzene rings is 1. The third-order valence-corrected chi connectivity index (χ3v) is 6.24. The predicted molar refractivity (Wildman–Crippen MR) is 87.7 cm³/mol. The Balaban J connectivity index is 1.75. The maximum Gasteiger partial charge on any atom is 0.251 e. The molecule has 0 atom stereocenters. The molecular formula is C15H16N2O3S2. The highest BCUT2D eigenvalue weighted by Gasteiger charge is 2.28. The first-order chi connectivity index (χ1) is 10.6. The summed E-state index contributed by atoms with van der Waals surface area (Å²) in [5.41, 5.74) is 1.03. The number of sulfonamides is 1. The number of hydrogen-bond donors (Lipinski definition) is 1. The molecule has 2 heterocycles. The summed E-state index contributed by atoms with van der Waals surface area (Å²) in [6, 6.07) is 10.6. The van der Waals surface area contributed by atoms with Crippen LogP contribution in [0.15, 0.2) is 41.8 Å². The minimum absolute atomic E-state index is 0.168. The summed E-state index contributed by atoms with van der Waals surface area (Å²) < 4.78 is 25.3. The van der Waals surface area contributed by atoms with Crippen molar-refractivity contribution in [1.82, 2.24) is 5.32 Å². The molecule has 1 saturated heterocycles. The molecule has 1 N–H and O–H groups in total. The molecule has 1 fully saturated rings. The first-order valence-corrected chi connectivity index (χ1v) is 9.46. The lowest BCUT2D eigenvalue weighted by atomic mass is 10.2. The van der Waals surface area contributed by atoms with E-state index in [2.05, 4.69) is 5.32 Å². The zero-order valence-corrected chi connectivity index (χ0v) is 13.5. The van der Waals surface area contributed by atoms with Crippen LogP contribution >= 0.6 is 11.3 Å². The second-order valence-electron chi connectivity index (χ2n) is 5.05. The van der Waals surface area contributed by atoms with E-state index >= 15 is 0 Å². The van der Waals surface area contributed by atoms with Gasteiger partial charge in [-0.1, -0.05) is 12.1 Å². The van der Waals surface area contributed by atoms with E-state index in [0.29, 0.717) is 30.8 Å². The van der Waals surface area contributed by atoms with Crippen molar-refractivity contribution < 1.29 is 13.2 Å². The van der Waals surface area contributed by atoms with Crippen molar-refractivity contribution in [2.75, 3.05) is 16.6 Å². The molecule has 0 bridgehead atoms. The fourth-order valence-corrected chi connectivity index (χ4v) is 4.62. The van der Waals surface area contributed by atoms with Gasteiger partial charge in [0.25, 0.3) is 5.91 Å². The van der Waals surface area contributed by atoms with Crippen LogP contribution in [0.4, 0.5) is 5.69 Å². The number of carbonyl (C=O) groups is 1. The van der Waals surface area contributed by atoms with E-state index in [4.69, 9.17) is 0 Å². The van der Waals surface area contributed by atoms with E-state index in [0.717, 1.165) is 4.88 Å². The number of amides is 1. The van der Waals surface area contributed by atoms with Gasteiger partial charge in [0.05, 0.1) is 18.0 Å². The number of thiophene rings is 1. The van der Waals surface area contributed by atoms with Crippen molar-refractivity contribution >= 4 is 33.0 Å². The monoisotopic (exact) mass is 336 g/mol. The minimum Gasteiger partial charge on any atom is -0.347 e. The lowest BCUT2D eigenvalue weighted by Gasteiger charge is -2.17. The largest absolute Gasteiger partial charge is 0.347 e. The summed E-state index contributed by atoms with van der Waals surface area (Å²) in [7, 11) is -3.23. The Morgan fingerprint density at radius 1 is 1.27 bits per heavy atom. The Morgan fingerprint density at radius 2 is 2.14 bits per heavy atom. The molecule has 3 rings (SSSR count). The highest BCUT2D eigenvalue weighted by Crippen LogP contribution is 2.24. The predicted octanol–water partition coefficient (Wildman–Crippen LogP) is 2.22. The zero-order valence-electron chi connectivity index (χ0n) is 11.9. The van der Waals surface area contributed by atoms with Crippen LogP contribution in [0, 0.1) is 0 Å². The van der Waals surface area contributed by atoms with Crippen molar-refractivity contribution in [2.45, 2.75) is 13.0 Å². The van der Waals surface area contributed by atoms with Gasteiger partial charge < -0.3 is 5.32 Å². The molecule has 0 radical (unpaired) electrons. The second-order valence-corrected chi connectivity index (χ2v) is 8.10.